The van der Waals surface area contributed by atoms with E-state index in [-0.39, 0.29) is 12.1 Å². The highest BCUT2D eigenvalue weighted by Gasteiger charge is 2.24. The quantitative estimate of drug-likeness (QED) is 0.178. The number of allylic oxidation sites excluding steroid dienone is 4. The van der Waals surface area contributed by atoms with Gasteiger partial charge in [-0.15, -0.1) is 0 Å². The summed E-state index contributed by atoms with van der Waals surface area (Å²) in [6.45, 7) is 2.16. The standard InChI is InChI=1S/C41H34N4/c1-27-32-14-6-7-19-41(32)45(40(27)20-21-42)31-13-10-12-29(23-31)38-25-30(26-39(44-38)37-18-8-9-22-43-37)36-24-28-11-2-3-15-33(28)34-16-4-5-17-35(34)36/h2-26,37,39,43-44H,42H2,1H3/b21-20-. The number of nitrogens with one attached hydrogen (secondary N) is 2. The van der Waals surface area contributed by atoms with Crippen molar-refractivity contribution in [1.29, 1.82) is 0 Å². The summed E-state index contributed by atoms with van der Waals surface area (Å²) < 4.78 is 2.31. The van der Waals surface area contributed by atoms with Gasteiger partial charge in [0.05, 0.1) is 23.3 Å². The van der Waals surface area contributed by atoms with Gasteiger partial charge in [0, 0.05) is 16.8 Å². The zero-order chi connectivity index (χ0) is 30.3. The van der Waals surface area contributed by atoms with Crippen molar-refractivity contribution < 1.29 is 0 Å². The van der Waals surface area contributed by atoms with Crippen LogP contribution in [0.5, 0.6) is 0 Å². The maximum absolute atomic E-state index is 5.94. The van der Waals surface area contributed by atoms with E-state index in [1.54, 1.807) is 6.20 Å². The summed E-state index contributed by atoms with van der Waals surface area (Å²) in [6, 6.07) is 37.3. The van der Waals surface area contributed by atoms with Crippen LogP contribution < -0.4 is 16.4 Å². The van der Waals surface area contributed by atoms with Crippen molar-refractivity contribution in [1.82, 2.24) is 15.2 Å². The molecule has 1 aromatic heterocycles. The average molecular weight is 583 g/mol. The summed E-state index contributed by atoms with van der Waals surface area (Å²) in [5.41, 5.74) is 15.2. The number of nitrogens with two attached hydrogens (primary N) is 1. The van der Waals surface area contributed by atoms with Crippen LogP contribution in [0.3, 0.4) is 0 Å². The first-order chi connectivity index (χ1) is 22.2. The molecule has 0 saturated heterocycles. The zero-order valence-corrected chi connectivity index (χ0v) is 25.1. The highest BCUT2D eigenvalue weighted by molar-refractivity contribution is 6.13. The number of nitrogens with zero attached hydrogens (tertiary/aromatic N) is 1. The summed E-state index contributed by atoms with van der Waals surface area (Å²) in [7, 11) is 0. The minimum Gasteiger partial charge on any atom is -0.405 e. The normalized spacial score (nSPS) is 17.9. The van der Waals surface area contributed by atoms with Gasteiger partial charge in [-0.2, -0.15) is 0 Å². The smallest absolute Gasteiger partial charge is 0.0691 e. The number of aromatic nitrogens is 1. The maximum Gasteiger partial charge on any atom is 0.0691 e. The Kier molecular flexibility index (Phi) is 6.61. The minimum atomic E-state index is 0.0421. The molecule has 2 atom stereocenters. The van der Waals surface area contributed by atoms with E-state index >= 15 is 0 Å². The molecular formula is C41H34N4. The molecule has 0 fully saturated rings. The Morgan fingerprint density at radius 2 is 1.53 bits per heavy atom. The van der Waals surface area contributed by atoms with Crippen molar-refractivity contribution in [2.24, 2.45) is 5.73 Å². The molecule has 0 spiro atoms. The van der Waals surface area contributed by atoms with Crippen molar-refractivity contribution in [3.63, 3.8) is 0 Å². The van der Waals surface area contributed by atoms with Crippen LogP contribution in [0, 0.1) is 6.92 Å². The molecule has 0 saturated carbocycles. The molecule has 5 aromatic carbocycles. The maximum atomic E-state index is 5.94. The number of hydrogen-bond acceptors (Lipinski definition) is 3. The Labute approximate surface area is 263 Å². The second kappa shape index (κ2) is 11.1. The van der Waals surface area contributed by atoms with Crippen molar-refractivity contribution in [3.8, 4) is 5.69 Å². The fraction of sp³-hybridized carbons (Fsp3) is 0.0732. The van der Waals surface area contributed by atoms with Gasteiger partial charge in [0.1, 0.15) is 0 Å². The first kappa shape index (κ1) is 26.9. The monoisotopic (exact) mass is 582 g/mol. The lowest BCUT2D eigenvalue weighted by molar-refractivity contribution is 0.568. The first-order valence-electron chi connectivity index (χ1n) is 15.5. The van der Waals surface area contributed by atoms with E-state index in [0.717, 1.165) is 28.2 Å². The number of rotatable bonds is 5. The number of aryl methyl sites for hydroxylation is 1. The van der Waals surface area contributed by atoms with Crippen LogP contribution in [0.2, 0.25) is 0 Å². The predicted octanol–water partition coefficient (Wildman–Crippen LogP) is 8.61. The van der Waals surface area contributed by atoms with E-state index in [1.807, 2.05) is 18.4 Å². The number of benzene rings is 5. The molecule has 218 valence electrons. The first-order valence-corrected chi connectivity index (χ1v) is 15.5. The van der Waals surface area contributed by atoms with Gasteiger partial charge < -0.3 is 20.9 Å². The van der Waals surface area contributed by atoms with E-state index in [9.17, 15) is 0 Å². The lowest BCUT2D eigenvalue weighted by Gasteiger charge is -2.31. The second-order valence-electron chi connectivity index (χ2n) is 11.7. The summed E-state index contributed by atoms with van der Waals surface area (Å²) >= 11 is 0. The van der Waals surface area contributed by atoms with Gasteiger partial charge in [0.25, 0.3) is 0 Å². The van der Waals surface area contributed by atoms with Crippen molar-refractivity contribution >= 4 is 49.8 Å². The van der Waals surface area contributed by atoms with Gasteiger partial charge in [-0.3, -0.25) is 0 Å². The van der Waals surface area contributed by atoms with E-state index in [2.05, 4.69) is 150 Å². The molecule has 6 aromatic rings. The number of para-hydroxylation sites is 1. The van der Waals surface area contributed by atoms with Crippen LogP contribution >= 0.6 is 0 Å². The predicted molar refractivity (Wildman–Crippen MR) is 191 cm³/mol. The van der Waals surface area contributed by atoms with Gasteiger partial charge in [-0.05, 0) is 106 Å². The van der Waals surface area contributed by atoms with Gasteiger partial charge in [-0.1, -0.05) is 97.1 Å². The van der Waals surface area contributed by atoms with Gasteiger partial charge in [-0.25, -0.2) is 0 Å². The van der Waals surface area contributed by atoms with Gasteiger partial charge in [0.15, 0.2) is 0 Å². The highest BCUT2D eigenvalue weighted by Crippen LogP contribution is 2.37. The van der Waals surface area contributed by atoms with Crippen LogP contribution in [0.25, 0.3) is 55.5 Å². The van der Waals surface area contributed by atoms with E-state index in [4.69, 9.17) is 5.73 Å². The van der Waals surface area contributed by atoms with E-state index in [1.165, 1.54) is 43.6 Å². The largest absolute Gasteiger partial charge is 0.405 e. The van der Waals surface area contributed by atoms with E-state index in [0.29, 0.717) is 0 Å². The summed E-state index contributed by atoms with van der Waals surface area (Å²) in [5, 5.41) is 13.7. The molecule has 0 radical (unpaired) electrons. The lowest BCUT2D eigenvalue weighted by Crippen LogP contribution is -2.45. The van der Waals surface area contributed by atoms with Crippen LogP contribution in [-0.2, 0) is 0 Å². The molecule has 4 heteroatoms. The Bertz CT molecular complexity index is 2260. The van der Waals surface area contributed by atoms with Crippen LogP contribution in [0.1, 0.15) is 22.4 Å². The number of fused-ring (bicyclic) bond motifs is 4. The summed E-state index contributed by atoms with van der Waals surface area (Å²) in [6.07, 6.45) is 16.7. The molecule has 0 bridgehead atoms. The Balaban J connectivity index is 1.31. The van der Waals surface area contributed by atoms with Gasteiger partial charge >= 0.3 is 0 Å². The average Bonchev–Trinajstić information content (AvgIpc) is 3.39. The molecule has 2 aliphatic rings. The third-order valence-electron chi connectivity index (χ3n) is 9.11. The molecule has 8 rings (SSSR count). The zero-order valence-electron chi connectivity index (χ0n) is 25.1. The molecule has 3 heterocycles. The molecule has 2 aliphatic heterocycles. The molecule has 0 amide bonds. The number of hydrogen-bond donors (Lipinski definition) is 3. The van der Waals surface area contributed by atoms with Crippen molar-refractivity contribution in [3.05, 3.63) is 168 Å². The summed E-state index contributed by atoms with van der Waals surface area (Å²) in [4.78, 5) is 0. The SMILES string of the molecule is Cc1c(/C=C\N)n(-c2cccc(C3=CC(c4cc5ccccc5c5ccccc45)=CC(C4C=CC=CN4)N3)c2)c2ccccc12. The molecule has 0 aliphatic carbocycles. The van der Waals surface area contributed by atoms with Crippen molar-refractivity contribution in [2.75, 3.05) is 0 Å². The molecule has 4 N–H and O–H groups in total. The topological polar surface area (TPSA) is 55.0 Å². The Morgan fingerprint density at radius 3 is 2.36 bits per heavy atom. The summed E-state index contributed by atoms with van der Waals surface area (Å²) in [5.74, 6) is 0. The van der Waals surface area contributed by atoms with E-state index < -0.39 is 0 Å². The van der Waals surface area contributed by atoms with Crippen LogP contribution in [-0.4, -0.2) is 16.7 Å². The lowest BCUT2D eigenvalue weighted by atomic mass is 9.88. The minimum absolute atomic E-state index is 0.0421. The molecule has 4 nitrogen and oxygen atoms in total. The fourth-order valence-corrected chi connectivity index (χ4v) is 6.97. The van der Waals surface area contributed by atoms with Crippen LogP contribution in [0.4, 0.5) is 0 Å². The van der Waals surface area contributed by atoms with Gasteiger partial charge in [0.2, 0.25) is 0 Å². The number of dihydropyridines is 2. The van der Waals surface area contributed by atoms with Crippen LogP contribution in [0.15, 0.2) is 146 Å². The molecular weight excluding hydrogens is 548 g/mol. The Morgan fingerprint density at radius 1 is 0.756 bits per heavy atom. The molecule has 2 unspecified atom stereocenters. The second-order valence-corrected chi connectivity index (χ2v) is 11.7. The fourth-order valence-electron chi connectivity index (χ4n) is 6.97. The Hall–Kier alpha value is -5.74. The van der Waals surface area contributed by atoms with Crippen molar-refractivity contribution in [2.45, 2.75) is 19.0 Å². The third-order valence-corrected chi connectivity index (χ3v) is 9.11. The highest BCUT2D eigenvalue weighted by atomic mass is 15.0. The third kappa shape index (κ3) is 4.63. The molecule has 45 heavy (non-hydrogen) atoms.